The summed E-state index contributed by atoms with van der Waals surface area (Å²) in [5.74, 6) is 6.37. The molecule has 0 radical (unpaired) electrons. The molecule has 1 heterocycles. The van der Waals surface area contributed by atoms with Crippen molar-refractivity contribution in [2.45, 2.75) is 17.9 Å². The third-order valence-corrected chi connectivity index (χ3v) is 5.67. The quantitative estimate of drug-likeness (QED) is 0.870. The zero-order chi connectivity index (χ0) is 17.0. The van der Waals surface area contributed by atoms with Gasteiger partial charge in [0.05, 0.1) is 11.4 Å². The molecule has 0 amide bonds. The number of nitrogens with one attached hydrogen (secondary N) is 1. The van der Waals surface area contributed by atoms with Gasteiger partial charge in [-0.3, -0.25) is 4.90 Å². The van der Waals surface area contributed by atoms with Gasteiger partial charge in [-0.05, 0) is 42.8 Å². The lowest BCUT2D eigenvalue weighted by atomic mass is 10.00. The van der Waals surface area contributed by atoms with Crippen LogP contribution in [0.4, 0.5) is 0 Å². The van der Waals surface area contributed by atoms with Gasteiger partial charge in [0.2, 0.25) is 10.0 Å². The molecule has 0 saturated heterocycles. The molecule has 0 saturated carbocycles. The molecular weight excluding hydrogens is 320 g/mol. The minimum Gasteiger partial charge on any atom is -0.288 e. The Morgan fingerprint density at radius 2 is 1.92 bits per heavy atom. The highest BCUT2D eigenvalue weighted by Crippen LogP contribution is 2.25. The molecule has 124 valence electrons. The van der Waals surface area contributed by atoms with Gasteiger partial charge < -0.3 is 0 Å². The van der Waals surface area contributed by atoms with E-state index in [1.807, 2.05) is 42.5 Å². The summed E-state index contributed by atoms with van der Waals surface area (Å²) in [6, 6.07) is 15.4. The van der Waals surface area contributed by atoms with E-state index in [0.717, 1.165) is 36.2 Å². The van der Waals surface area contributed by atoms with Gasteiger partial charge in [0.1, 0.15) is 0 Å². The first-order valence-electron chi connectivity index (χ1n) is 7.91. The fourth-order valence-electron chi connectivity index (χ4n) is 2.90. The van der Waals surface area contributed by atoms with Gasteiger partial charge in [0.15, 0.2) is 0 Å². The zero-order valence-electron chi connectivity index (χ0n) is 13.6. The standard InChI is InChI=1S/C19H20N2O2S/c1-20-24(22,23)19-11-5-10-17-15-21(14-12-18(17)19)13-6-9-16-7-3-2-4-8-16/h2-5,7-8,10-11,20H,12-15H2,1H3. The first kappa shape index (κ1) is 16.7. The van der Waals surface area contributed by atoms with E-state index in [4.69, 9.17) is 0 Å². The molecule has 0 bridgehead atoms. The van der Waals surface area contributed by atoms with Crippen LogP contribution in [-0.4, -0.2) is 33.5 Å². The predicted molar refractivity (Wildman–Crippen MR) is 95.0 cm³/mol. The number of sulfonamides is 1. The molecule has 1 aliphatic heterocycles. The molecule has 2 aromatic rings. The number of hydrogen-bond donors (Lipinski definition) is 1. The smallest absolute Gasteiger partial charge is 0.240 e. The minimum absolute atomic E-state index is 0.400. The van der Waals surface area contributed by atoms with Crippen LogP contribution in [0, 0.1) is 11.8 Å². The monoisotopic (exact) mass is 340 g/mol. The summed E-state index contributed by atoms with van der Waals surface area (Å²) >= 11 is 0. The van der Waals surface area contributed by atoms with E-state index < -0.39 is 10.0 Å². The molecule has 1 N–H and O–H groups in total. The minimum atomic E-state index is -3.41. The van der Waals surface area contributed by atoms with Crippen LogP contribution < -0.4 is 4.72 Å². The average Bonchev–Trinajstić information content (AvgIpc) is 2.62. The second-order valence-electron chi connectivity index (χ2n) is 5.73. The van der Waals surface area contributed by atoms with Crippen molar-refractivity contribution in [3.63, 3.8) is 0 Å². The Morgan fingerprint density at radius 3 is 2.67 bits per heavy atom. The van der Waals surface area contributed by atoms with Crippen LogP contribution in [0.3, 0.4) is 0 Å². The van der Waals surface area contributed by atoms with Gasteiger partial charge in [-0.2, -0.15) is 0 Å². The summed E-state index contributed by atoms with van der Waals surface area (Å²) in [4.78, 5) is 2.64. The highest BCUT2D eigenvalue weighted by atomic mass is 32.2. The molecule has 0 atom stereocenters. The lowest BCUT2D eigenvalue weighted by molar-refractivity contribution is 0.284. The molecule has 24 heavy (non-hydrogen) atoms. The highest BCUT2D eigenvalue weighted by Gasteiger charge is 2.23. The van der Waals surface area contributed by atoms with Gasteiger partial charge in [0, 0.05) is 18.7 Å². The van der Waals surface area contributed by atoms with Crippen LogP contribution in [0.2, 0.25) is 0 Å². The van der Waals surface area contributed by atoms with E-state index in [9.17, 15) is 8.42 Å². The van der Waals surface area contributed by atoms with Gasteiger partial charge in [-0.15, -0.1) is 0 Å². The average molecular weight is 340 g/mol. The lowest BCUT2D eigenvalue weighted by Crippen LogP contribution is -2.32. The Morgan fingerprint density at radius 1 is 1.12 bits per heavy atom. The van der Waals surface area contributed by atoms with E-state index in [0.29, 0.717) is 11.4 Å². The molecule has 5 heteroatoms. The van der Waals surface area contributed by atoms with Crippen LogP contribution in [0.25, 0.3) is 0 Å². The molecule has 0 aliphatic carbocycles. The molecule has 0 fully saturated rings. The van der Waals surface area contributed by atoms with E-state index in [1.54, 1.807) is 6.07 Å². The second-order valence-corrected chi connectivity index (χ2v) is 7.58. The van der Waals surface area contributed by atoms with Crippen molar-refractivity contribution >= 4 is 10.0 Å². The maximum atomic E-state index is 12.1. The van der Waals surface area contributed by atoms with E-state index >= 15 is 0 Å². The molecule has 2 aromatic carbocycles. The second kappa shape index (κ2) is 7.18. The first-order valence-corrected chi connectivity index (χ1v) is 9.39. The first-order chi connectivity index (χ1) is 11.6. The Kier molecular flexibility index (Phi) is 5.00. The van der Waals surface area contributed by atoms with E-state index in [2.05, 4.69) is 21.5 Å². The maximum absolute atomic E-state index is 12.1. The Balaban J connectivity index is 1.74. The maximum Gasteiger partial charge on any atom is 0.240 e. The van der Waals surface area contributed by atoms with Crippen LogP contribution >= 0.6 is 0 Å². The number of hydrogen-bond acceptors (Lipinski definition) is 3. The molecule has 0 spiro atoms. The van der Waals surface area contributed by atoms with Crippen molar-refractivity contribution in [3.05, 3.63) is 65.2 Å². The number of rotatable bonds is 3. The van der Waals surface area contributed by atoms with Gasteiger partial charge in [0.25, 0.3) is 0 Å². The fraction of sp³-hybridized carbons (Fsp3) is 0.263. The van der Waals surface area contributed by atoms with E-state index in [1.165, 1.54) is 7.05 Å². The molecular formula is C19H20N2O2S. The third-order valence-electron chi connectivity index (χ3n) is 4.17. The number of benzene rings is 2. The van der Waals surface area contributed by atoms with Crippen molar-refractivity contribution in [2.24, 2.45) is 0 Å². The predicted octanol–water partition coefficient (Wildman–Crippen LogP) is 2.00. The van der Waals surface area contributed by atoms with Crippen LogP contribution in [0.5, 0.6) is 0 Å². The van der Waals surface area contributed by atoms with Crippen molar-refractivity contribution in [1.82, 2.24) is 9.62 Å². The largest absolute Gasteiger partial charge is 0.288 e. The van der Waals surface area contributed by atoms with Gasteiger partial charge in [-0.25, -0.2) is 13.1 Å². The number of fused-ring (bicyclic) bond motifs is 1. The van der Waals surface area contributed by atoms with Crippen molar-refractivity contribution in [3.8, 4) is 11.8 Å². The molecule has 4 nitrogen and oxygen atoms in total. The molecule has 0 aromatic heterocycles. The summed E-state index contributed by atoms with van der Waals surface area (Å²) in [6.45, 7) is 2.22. The summed E-state index contributed by atoms with van der Waals surface area (Å²) < 4.78 is 26.7. The van der Waals surface area contributed by atoms with Crippen molar-refractivity contribution in [1.29, 1.82) is 0 Å². The topological polar surface area (TPSA) is 49.4 Å². The van der Waals surface area contributed by atoms with Crippen LogP contribution in [0.1, 0.15) is 16.7 Å². The summed E-state index contributed by atoms with van der Waals surface area (Å²) in [5.41, 5.74) is 3.01. The Labute approximate surface area is 143 Å². The molecule has 1 aliphatic rings. The highest BCUT2D eigenvalue weighted by molar-refractivity contribution is 7.89. The molecule has 3 rings (SSSR count). The van der Waals surface area contributed by atoms with Gasteiger partial charge in [-0.1, -0.05) is 42.2 Å². The van der Waals surface area contributed by atoms with Crippen LogP contribution in [-0.2, 0) is 23.0 Å². The normalized spacial score (nSPS) is 14.5. The van der Waals surface area contributed by atoms with Crippen molar-refractivity contribution < 1.29 is 8.42 Å². The summed E-state index contributed by atoms with van der Waals surface area (Å²) in [7, 11) is -1.96. The lowest BCUT2D eigenvalue weighted by Gasteiger charge is -2.28. The Bertz CT molecular complexity index is 881. The Hall–Kier alpha value is -2.13. The zero-order valence-corrected chi connectivity index (χ0v) is 14.4. The third kappa shape index (κ3) is 3.68. The van der Waals surface area contributed by atoms with E-state index in [-0.39, 0.29) is 0 Å². The van der Waals surface area contributed by atoms with Crippen LogP contribution in [0.15, 0.2) is 53.4 Å². The fourth-order valence-corrected chi connectivity index (χ4v) is 3.94. The SMILES string of the molecule is CNS(=O)(=O)c1cccc2c1CCN(CC#Cc1ccccc1)C2. The van der Waals surface area contributed by atoms with Crippen molar-refractivity contribution in [2.75, 3.05) is 20.1 Å². The molecule has 0 unspecified atom stereocenters. The summed E-state index contributed by atoms with van der Waals surface area (Å²) in [5, 5.41) is 0. The number of nitrogens with zero attached hydrogens (tertiary/aromatic N) is 1. The summed E-state index contributed by atoms with van der Waals surface area (Å²) in [6.07, 6.45) is 0.722. The van der Waals surface area contributed by atoms with Gasteiger partial charge >= 0.3 is 0 Å².